The second-order valence-corrected chi connectivity index (χ2v) is 5.59. The lowest BCUT2D eigenvalue weighted by molar-refractivity contribution is -0.121. The van der Waals surface area contributed by atoms with Gasteiger partial charge in [-0.3, -0.25) is 4.79 Å². The van der Waals surface area contributed by atoms with Crippen LogP contribution in [0.3, 0.4) is 0 Å². The van der Waals surface area contributed by atoms with Crippen molar-refractivity contribution < 1.29 is 9.32 Å². The predicted molar refractivity (Wildman–Crippen MR) is 73.8 cm³/mol. The molecule has 0 saturated heterocycles. The van der Waals surface area contributed by atoms with E-state index in [1.165, 1.54) is 0 Å². The summed E-state index contributed by atoms with van der Waals surface area (Å²) in [6.45, 7) is 8.97. The lowest BCUT2D eigenvalue weighted by atomic mass is 10.1. The average molecular weight is 267 g/mol. The number of nitrogens with one attached hydrogen (secondary N) is 1. The van der Waals surface area contributed by atoms with Crippen molar-refractivity contribution in [2.24, 2.45) is 5.92 Å². The van der Waals surface area contributed by atoms with Gasteiger partial charge in [-0.15, -0.1) is 0 Å². The van der Waals surface area contributed by atoms with Gasteiger partial charge in [-0.2, -0.15) is 4.98 Å². The molecule has 1 N–H and O–H groups in total. The van der Waals surface area contributed by atoms with Crippen molar-refractivity contribution in [1.82, 2.24) is 15.5 Å². The highest BCUT2D eigenvalue weighted by atomic mass is 16.5. The average Bonchev–Trinajstić information content (AvgIpc) is 2.81. The summed E-state index contributed by atoms with van der Waals surface area (Å²) in [7, 11) is 0. The molecule has 0 radical (unpaired) electrons. The van der Waals surface area contributed by atoms with Gasteiger partial charge in [-0.05, 0) is 18.8 Å². The minimum atomic E-state index is 0.127. The first kappa shape index (κ1) is 15.7. The first-order chi connectivity index (χ1) is 8.99. The molecule has 108 valence electrons. The summed E-state index contributed by atoms with van der Waals surface area (Å²) in [5, 5.41) is 6.81. The summed E-state index contributed by atoms with van der Waals surface area (Å²) < 4.78 is 5.14. The number of carbonyl (C=O) groups is 1. The van der Waals surface area contributed by atoms with Crippen LogP contribution >= 0.6 is 0 Å². The van der Waals surface area contributed by atoms with E-state index >= 15 is 0 Å². The number of nitrogens with zero attached hydrogens (tertiary/aromatic N) is 2. The number of aromatic nitrogens is 2. The third-order valence-electron chi connectivity index (χ3n) is 2.84. The molecule has 1 amide bonds. The van der Waals surface area contributed by atoms with Crippen LogP contribution in [-0.2, 0) is 11.2 Å². The molecule has 1 heterocycles. The maximum Gasteiger partial charge on any atom is 0.226 e. The Kier molecular flexibility index (Phi) is 6.53. The number of hydrogen-bond acceptors (Lipinski definition) is 4. The molecule has 0 fully saturated rings. The quantitative estimate of drug-likeness (QED) is 0.735. The molecular weight excluding hydrogens is 242 g/mol. The van der Waals surface area contributed by atoms with E-state index < -0.39 is 0 Å². The first-order valence-corrected chi connectivity index (χ1v) is 7.08. The van der Waals surface area contributed by atoms with E-state index in [0.29, 0.717) is 31.2 Å². The van der Waals surface area contributed by atoms with Gasteiger partial charge in [-0.25, -0.2) is 0 Å². The predicted octanol–water partition coefficient (Wildman–Crippen LogP) is 2.68. The normalized spacial score (nSPS) is 11.3. The Morgan fingerprint density at radius 2 is 2.05 bits per heavy atom. The zero-order chi connectivity index (χ0) is 14.3. The Morgan fingerprint density at radius 1 is 1.32 bits per heavy atom. The Labute approximate surface area is 115 Å². The second kappa shape index (κ2) is 7.92. The standard InChI is InChI=1S/C14H25N3O2/c1-10(2)7-8-12(18)15-9-5-6-13-16-14(11(3)4)17-19-13/h10-11H,5-9H2,1-4H3,(H,15,18). The molecule has 0 aliphatic rings. The molecule has 5 heteroatoms. The van der Waals surface area contributed by atoms with Crippen molar-refractivity contribution in [2.75, 3.05) is 6.54 Å². The van der Waals surface area contributed by atoms with E-state index in [-0.39, 0.29) is 11.8 Å². The van der Waals surface area contributed by atoms with E-state index in [1.54, 1.807) is 0 Å². The van der Waals surface area contributed by atoms with Gasteiger partial charge in [0.1, 0.15) is 0 Å². The number of carbonyl (C=O) groups excluding carboxylic acids is 1. The Bertz CT molecular complexity index is 386. The van der Waals surface area contributed by atoms with Gasteiger partial charge < -0.3 is 9.84 Å². The van der Waals surface area contributed by atoms with Crippen LogP contribution in [0.4, 0.5) is 0 Å². The van der Waals surface area contributed by atoms with Crippen molar-refractivity contribution in [3.05, 3.63) is 11.7 Å². The molecule has 0 saturated carbocycles. The van der Waals surface area contributed by atoms with Crippen LogP contribution in [0.15, 0.2) is 4.52 Å². The van der Waals surface area contributed by atoms with E-state index in [9.17, 15) is 4.79 Å². The van der Waals surface area contributed by atoms with Crippen LogP contribution in [0.25, 0.3) is 0 Å². The second-order valence-electron chi connectivity index (χ2n) is 5.59. The highest BCUT2D eigenvalue weighted by Gasteiger charge is 2.09. The summed E-state index contributed by atoms with van der Waals surface area (Å²) >= 11 is 0. The lowest BCUT2D eigenvalue weighted by Gasteiger charge is -2.05. The summed E-state index contributed by atoms with van der Waals surface area (Å²) in [5.41, 5.74) is 0. The first-order valence-electron chi connectivity index (χ1n) is 7.08. The van der Waals surface area contributed by atoms with Crippen molar-refractivity contribution in [3.63, 3.8) is 0 Å². The fraction of sp³-hybridized carbons (Fsp3) is 0.786. The van der Waals surface area contributed by atoms with Crippen LogP contribution in [0.5, 0.6) is 0 Å². The van der Waals surface area contributed by atoms with Crippen LogP contribution in [0.2, 0.25) is 0 Å². The molecular formula is C14H25N3O2. The Balaban J connectivity index is 2.14. The minimum absolute atomic E-state index is 0.127. The molecule has 0 bridgehead atoms. The highest BCUT2D eigenvalue weighted by molar-refractivity contribution is 5.75. The van der Waals surface area contributed by atoms with Gasteiger partial charge in [-0.1, -0.05) is 32.9 Å². The molecule has 0 atom stereocenters. The summed E-state index contributed by atoms with van der Waals surface area (Å²) in [5.74, 6) is 2.38. The number of rotatable bonds is 8. The van der Waals surface area contributed by atoms with Crippen molar-refractivity contribution in [2.45, 2.75) is 59.3 Å². The van der Waals surface area contributed by atoms with E-state index in [0.717, 1.165) is 18.7 Å². The number of hydrogen-bond donors (Lipinski definition) is 1. The number of amides is 1. The molecule has 1 aromatic rings. The van der Waals surface area contributed by atoms with Crippen LogP contribution < -0.4 is 5.32 Å². The van der Waals surface area contributed by atoms with Gasteiger partial charge in [0.05, 0.1) is 0 Å². The van der Waals surface area contributed by atoms with Gasteiger partial charge in [0.25, 0.3) is 0 Å². The molecule has 1 rings (SSSR count). The van der Waals surface area contributed by atoms with Gasteiger partial charge >= 0.3 is 0 Å². The van der Waals surface area contributed by atoms with Gasteiger partial charge in [0, 0.05) is 25.3 Å². The zero-order valence-electron chi connectivity index (χ0n) is 12.4. The largest absolute Gasteiger partial charge is 0.356 e. The fourth-order valence-electron chi connectivity index (χ4n) is 1.58. The van der Waals surface area contributed by atoms with Crippen molar-refractivity contribution >= 4 is 5.91 Å². The summed E-state index contributed by atoms with van der Waals surface area (Å²) in [4.78, 5) is 15.8. The molecule has 1 aromatic heterocycles. The minimum Gasteiger partial charge on any atom is -0.356 e. The monoisotopic (exact) mass is 267 g/mol. The highest BCUT2D eigenvalue weighted by Crippen LogP contribution is 2.10. The van der Waals surface area contributed by atoms with Crippen molar-refractivity contribution in [3.8, 4) is 0 Å². The zero-order valence-corrected chi connectivity index (χ0v) is 12.4. The van der Waals surface area contributed by atoms with Crippen LogP contribution in [-0.4, -0.2) is 22.6 Å². The maximum absolute atomic E-state index is 11.5. The summed E-state index contributed by atoms with van der Waals surface area (Å²) in [6.07, 6.45) is 3.08. The third-order valence-corrected chi connectivity index (χ3v) is 2.84. The van der Waals surface area contributed by atoms with Crippen LogP contribution in [0.1, 0.15) is 64.6 Å². The Hall–Kier alpha value is -1.39. The lowest BCUT2D eigenvalue weighted by Crippen LogP contribution is -2.24. The van der Waals surface area contributed by atoms with Crippen molar-refractivity contribution in [1.29, 1.82) is 0 Å². The topological polar surface area (TPSA) is 68.0 Å². The molecule has 0 aromatic carbocycles. The van der Waals surface area contributed by atoms with E-state index in [2.05, 4.69) is 29.3 Å². The van der Waals surface area contributed by atoms with Crippen LogP contribution in [0, 0.1) is 5.92 Å². The van der Waals surface area contributed by atoms with E-state index in [4.69, 9.17) is 4.52 Å². The molecule has 0 aliphatic carbocycles. The van der Waals surface area contributed by atoms with Gasteiger partial charge in [0.15, 0.2) is 5.82 Å². The third kappa shape index (κ3) is 6.36. The summed E-state index contributed by atoms with van der Waals surface area (Å²) in [6, 6.07) is 0. The van der Waals surface area contributed by atoms with Gasteiger partial charge in [0.2, 0.25) is 11.8 Å². The number of aryl methyl sites for hydroxylation is 1. The SMILES string of the molecule is CC(C)CCC(=O)NCCCc1nc(C(C)C)no1. The fourth-order valence-corrected chi connectivity index (χ4v) is 1.58. The van der Waals surface area contributed by atoms with E-state index in [1.807, 2.05) is 13.8 Å². The molecule has 0 unspecified atom stereocenters. The molecule has 0 spiro atoms. The molecule has 19 heavy (non-hydrogen) atoms. The maximum atomic E-state index is 11.5. The Morgan fingerprint density at radius 3 is 2.63 bits per heavy atom. The molecule has 5 nitrogen and oxygen atoms in total. The molecule has 0 aliphatic heterocycles. The smallest absolute Gasteiger partial charge is 0.226 e.